The number of halogens is 1. The maximum atomic E-state index is 13.5. The molecule has 2 rings (SSSR count). The lowest BCUT2D eigenvalue weighted by Gasteiger charge is -2.28. The maximum absolute atomic E-state index is 13.5. The molecule has 1 heterocycles. The monoisotopic (exact) mass is 579 g/mol. The molecule has 206 valence electrons. The Bertz CT molecular complexity index is 1160. The Morgan fingerprint density at radius 1 is 0.919 bits per heavy atom. The van der Waals surface area contributed by atoms with Crippen LogP contribution in [0.3, 0.4) is 0 Å². The number of phenols is 1. The van der Waals surface area contributed by atoms with Crippen LogP contribution in [0.1, 0.15) is 89.7 Å². The summed E-state index contributed by atoms with van der Waals surface area (Å²) in [5, 5.41) is 11.0. The first-order valence-electron chi connectivity index (χ1n) is 12.5. The van der Waals surface area contributed by atoms with Crippen LogP contribution < -0.4 is 5.62 Å². The minimum absolute atomic E-state index is 0. The molecule has 9 heteroatoms. The Hall–Kier alpha value is -2.68. The first-order chi connectivity index (χ1) is 16.6. The number of hydrogen-bond acceptors (Lipinski definition) is 5. The predicted molar refractivity (Wildman–Crippen MR) is 150 cm³/mol. The summed E-state index contributed by atoms with van der Waals surface area (Å²) in [6, 6.07) is 3.47. The molecule has 8 nitrogen and oxygen atoms in total. The average molecular weight is 581 g/mol. The van der Waals surface area contributed by atoms with Crippen molar-refractivity contribution < 1.29 is 24.2 Å². The Morgan fingerprint density at radius 3 is 1.78 bits per heavy atom. The lowest BCUT2D eigenvalue weighted by molar-refractivity contribution is -0.123. The van der Waals surface area contributed by atoms with E-state index in [4.69, 9.17) is 4.74 Å². The van der Waals surface area contributed by atoms with Crippen molar-refractivity contribution in [2.75, 3.05) is 7.11 Å². The van der Waals surface area contributed by atoms with Gasteiger partial charge in [-0.2, -0.15) is 0 Å². The highest BCUT2D eigenvalue weighted by atomic mass is 79.9. The van der Waals surface area contributed by atoms with Gasteiger partial charge in [0, 0.05) is 35.0 Å². The maximum Gasteiger partial charge on any atom is 0.436 e. The van der Waals surface area contributed by atoms with Gasteiger partial charge in [0.1, 0.15) is 5.75 Å². The van der Waals surface area contributed by atoms with Crippen LogP contribution in [0.4, 0.5) is 4.79 Å². The molecule has 0 radical (unpaired) electrons. The summed E-state index contributed by atoms with van der Waals surface area (Å²) in [5.74, 6) is -0.0521. The van der Waals surface area contributed by atoms with E-state index in [1.165, 1.54) is 7.11 Å². The first-order valence-corrected chi connectivity index (χ1v) is 12.5. The summed E-state index contributed by atoms with van der Waals surface area (Å²) in [5.41, 5.74) is 1.25. The minimum Gasteiger partial charge on any atom is -0.507 e. The number of Topliss-reactive ketones (excluding diaryl/α,β-unsaturated/α-hetero) is 2. The van der Waals surface area contributed by atoms with Gasteiger partial charge in [-0.25, -0.2) is 4.79 Å². The predicted octanol–water partition coefficient (Wildman–Crippen LogP) is 5.72. The standard InChI is InChI=1S/C28H41N3O5.BrH/c1-10-18(11-2)22(32)16-30-12-13-31(25(30)29-26(35)36-9)17-23(33)19-14-20(27(3,4)5)24(34)21(15-19)28(6,7)8;/h12-15,18,34H,10-11,16-17H2,1-9H3;1H/b29-25-;. The zero-order valence-corrected chi connectivity index (χ0v) is 25.3. The van der Waals surface area contributed by atoms with Crippen molar-refractivity contribution in [3.05, 3.63) is 46.8 Å². The van der Waals surface area contributed by atoms with Crippen molar-refractivity contribution >= 4 is 34.6 Å². The number of aromatic nitrogens is 2. The number of carbonyl (C=O) groups excluding carboxylic acids is 3. The second-order valence-electron chi connectivity index (χ2n) is 11.3. The number of benzene rings is 1. The molecule has 1 aromatic carbocycles. The number of carbonyl (C=O) groups is 3. The average Bonchev–Trinajstić information content (AvgIpc) is 3.13. The number of hydrogen-bond donors (Lipinski definition) is 1. The zero-order chi connectivity index (χ0) is 27.4. The van der Waals surface area contributed by atoms with Crippen LogP contribution in [-0.4, -0.2) is 39.0 Å². The normalized spacial score (nSPS) is 12.4. The largest absolute Gasteiger partial charge is 0.507 e. The van der Waals surface area contributed by atoms with Crippen LogP contribution in [0.5, 0.6) is 5.75 Å². The fraction of sp³-hybridized carbons (Fsp3) is 0.571. The van der Waals surface area contributed by atoms with Gasteiger partial charge in [0.2, 0.25) is 5.62 Å². The van der Waals surface area contributed by atoms with E-state index in [9.17, 15) is 19.5 Å². The topological polar surface area (TPSA) is 103 Å². The molecule has 0 aliphatic rings. The van der Waals surface area contributed by atoms with E-state index in [0.29, 0.717) is 16.7 Å². The Balaban J connectivity index is 0.00000684. The van der Waals surface area contributed by atoms with E-state index in [-0.39, 0.29) is 69.8 Å². The second-order valence-corrected chi connectivity index (χ2v) is 11.3. The molecular formula is C28H42BrN3O5. The van der Waals surface area contributed by atoms with Gasteiger partial charge in [-0.1, -0.05) is 55.4 Å². The number of phenolic OH excluding ortho intramolecular Hbond substituents is 1. The molecule has 0 fully saturated rings. The highest BCUT2D eigenvalue weighted by Gasteiger charge is 2.28. The van der Waals surface area contributed by atoms with Gasteiger partial charge in [0.05, 0.1) is 20.2 Å². The van der Waals surface area contributed by atoms with E-state index in [2.05, 4.69) is 4.99 Å². The molecular weight excluding hydrogens is 538 g/mol. The van der Waals surface area contributed by atoms with Crippen LogP contribution in [0.15, 0.2) is 29.5 Å². The van der Waals surface area contributed by atoms with Crippen LogP contribution in [0.25, 0.3) is 0 Å². The van der Waals surface area contributed by atoms with Crippen molar-refractivity contribution in [3.8, 4) is 5.75 Å². The molecule has 0 saturated heterocycles. The van der Waals surface area contributed by atoms with Crippen LogP contribution in [0.2, 0.25) is 0 Å². The van der Waals surface area contributed by atoms with Crippen molar-refractivity contribution in [2.45, 2.75) is 92.2 Å². The third-order valence-electron chi connectivity index (χ3n) is 6.44. The lowest BCUT2D eigenvalue weighted by atomic mass is 9.78. The van der Waals surface area contributed by atoms with Gasteiger partial charge in [-0.05, 0) is 35.8 Å². The van der Waals surface area contributed by atoms with Crippen LogP contribution in [0, 0.1) is 5.92 Å². The molecule has 0 spiro atoms. The number of aromatic hydroxyl groups is 1. The smallest absolute Gasteiger partial charge is 0.436 e. The fourth-order valence-electron chi connectivity index (χ4n) is 4.19. The fourth-order valence-corrected chi connectivity index (χ4v) is 4.19. The van der Waals surface area contributed by atoms with E-state index in [1.54, 1.807) is 33.7 Å². The Kier molecular flexibility index (Phi) is 11.1. The summed E-state index contributed by atoms with van der Waals surface area (Å²) >= 11 is 0. The molecule has 1 amide bonds. The minimum atomic E-state index is -0.819. The zero-order valence-electron chi connectivity index (χ0n) is 23.5. The quantitative estimate of drug-likeness (QED) is 0.402. The summed E-state index contributed by atoms with van der Waals surface area (Å²) in [6.45, 7) is 15.8. The Labute approximate surface area is 230 Å². The van der Waals surface area contributed by atoms with Gasteiger partial charge < -0.3 is 19.0 Å². The molecule has 0 saturated carbocycles. The third kappa shape index (κ3) is 7.90. The highest BCUT2D eigenvalue weighted by Crippen LogP contribution is 2.39. The summed E-state index contributed by atoms with van der Waals surface area (Å²) in [4.78, 5) is 42.2. The molecule has 0 aliphatic carbocycles. The van der Waals surface area contributed by atoms with Crippen molar-refractivity contribution in [1.29, 1.82) is 0 Å². The van der Waals surface area contributed by atoms with E-state index in [0.717, 1.165) is 12.8 Å². The van der Waals surface area contributed by atoms with Gasteiger partial charge in [-0.3, -0.25) is 9.59 Å². The molecule has 0 unspecified atom stereocenters. The van der Waals surface area contributed by atoms with Gasteiger partial charge in [0.15, 0.2) is 11.6 Å². The van der Waals surface area contributed by atoms with Crippen molar-refractivity contribution in [1.82, 2.24) is 9.13 Å². The van der Waals surface area contributed by atoms with Crippen LogP contribution in [-0.2, 0) is 33.5 Å². The first kappa shape index (κ1) is 32.3. The SMILES string of the molecule is Br.CCC(CC)C(=O)Cn1ccn(CC(=O)c2cc(C(C)(C)C)c(O)c(C(C)(C)C)c2)/c1=N\C(=O)OC. The molecule has 0 bridgehead atoms. The number of amides is 1. The van der Waals surface area contributed by atoms with E-state index < -0.39 is 6.09 Å². The molecule has 1 aromatic heterocycles. The van der Waals surface area contributed by atoms with Gasteiger partial charge in [0.25, 0.3) is 0 Å². The third-order valence-corrected chi connectivity index (χ3v) is 6.44. The summed E-state index contributed by atoms with van der Waals surface area (Å²) in [7, 11) is 1.22. The number of methoxy groups -OCH3 is 1. The second kappa shape index (κ2) is 12.7. The molecule has 0 atom stereocenters. The Morgan fingerprint density at radius 2 is 1.38 bits per heavy atom. The van der Waals surface area contributed by atoms with E-state index >= 15 is 0 Å². The lowest BCUT2D eigenvalue weighted by Crippen LogP contribution is -2.33. The van der Waals surface area contributed by atoms with Gasteiger partial charge >= 0.3 is 6.09 Å². The summed E-state index contributed by atoms with van der Waals surface area (Å²) < 4.78 is 7.82. The van der Waals surface area contributed by atoms with Gasteiger partial charge in [-0.15, -0.1) is 22.0 Å². The molecule has 37 heavy (non-hydrogen) atoms. The molecule has 2 aromatic rings. The van der Waals surface area contributed by atoms with E-state index in [1.807, 2.05) is 55.4 Å². The highest BCUT2D eigenvalue weighted by molar-refractivity contribution is 8.93. The van der Waals surface area contributed by atoms with Crippen molar-refractivity contribution in [3.63, 3.8) is 0 Å². The molecule has 1 N–H and O–H groups in total. The van der Waals surface area contributed by atoms with Crippen LogP contribution >= 0.6 is 17.0 Å². The summed E-state index contributed by atoms with van der Waals surface area (Å²) in [6.07, 6.45) is 3.92. The number of rotatable bonds is 8. The number of imidazole rings is 1. The number of nitrogens with zero attached hydrogens (tertiary/aromatic N) is 3. The molecule has 0 aliphatic heterocycles. The number of ketones is 2. The number of ether oxygens (including phenoxy) is 1. The van der Waals surface area contributed by atoms with Crippen molar-refractivity contribution in [2.24, 2.45) is 10.9 Å².